The van der Waals surface area contributed by atoms with E-state index in [9.17, 15) is 14.0 Å². The molecule has 0 bridgehead atoms. The van der Waals surface area contributed by atoms with E-state index in [-0.39, 0.29) is 17.9 Å². The lowest BCUT2D eigenvalue weighted by Crippen LogP contribution is -2.18. The molecule has 1 heterocycles. The van der Waals surface area contributed by atoms with Crippen molar-refractivity contribution < 1.29 is 14.0 Å². The van der Waals surface area contributed by atoms with E-state index >= 15 is 0 Å². The van der Waals surface area contributed by atoms with Crippen molar-refractivity contribution in [2.24, 2.45) is 5.73 Å². The Balaban J connectivity index is 2.06. The first-order valence-corrected chi connectivity index (χ1v) is 7.87. The van der Waals surface area contributed by atoms with E-state index < -0.39 is 17.6 Å². The summed E-state index contributed by atoms with van der Waals surface area (Å²) >= 11 is 1.16. The molecule has 2 rings (SSSR count). The van der Waals surface area contributed by atoms with Gasteiger partial charge < -0.3 is 15.6 Å². The molecule has 0 aliphatic carbocycles. The number of para-hydroxylation sites is 1. The molecule has 0 aliphatic rings. The van der Waals surface area contributed by atoms with E-state index in [1.54, 1.807) is 16.7 Å². The Hall–Kier alpha value is -2.42. The number of nitrogens with two attached hydrogens (primary N) is 1. The summed E-state index contributed by atoms with van der Waals surface area (Å²) in [5.41, 5.74) is 5.22. The molecule has 0 fully saturated rings. The Kier molecular flexibility index (Phi) is 5.69. The quantitative estimate of drug-likeness (QED) is 0.739. The Bertz CT molecular complexity index is 719. The molecule has 0 spiro atoms. The number of nitrogens with zero attached hydrogens (tertiary/aromatic N) is 3. The molecule has 2 aromatic rings. The Morgan fingerprint density at radius 2 is 2.09 bits per heavy atom. The van der Waals surface area contributed by atoms with E-state index in [2.05, 4.69) is 15.5 Å². The van der Waals surface area contributed by atoms with Gasteiger partial charge in [0, 0.05) is 6.54 Å². The minimum Gasteiger partial charge on any atom is -0.369 e. The molecule has 0 radical (unpaired) electrons. The van der Waals surface area contributed by atoms with Crippen LogP contribution in [0.2, 0.25) is 0 Å². The Labute approximate surface area is 136 Å². The van der Waals surface area contributed by atoms with Crippen molar-refractivity contribution in [2.45, 2.75) is 25.0 Å². The number of hydrogen-bond acceptors (Lipinski definition) is 5. The van der Waals surface area contributed by atoms with Crippen LogP contribution in [-0.4, -0.2) is 32.3 Å². The van der Waals surface area contributed by atoms with E-state index in [0.29, 0.717) is 17.5 Å². The second kappa shape index (κ2) is 7.73. The van der Waals surface area contributed by atoms with Gasteiger partial charge in [0.2, 0.25) is 11.8 Å². The van der Waals surface area contributed by atoms with Gasteiger partial charge in [-0.2, -0.15) is 0 Å². The molecule has 0 saturated heterocycles. The fourth-order valence-electron chi connectivity index (χ4n) is 1.91. The molecule has 1 aromatic heterocycles. The maximum atomic E-state index is 13.5. The van der Waals surface area contributed by atoms with Crippen LogP contribution in [0.25, 0.3) is 0 Å². The van der Waals surface area contributed by atoms with Crippen LogP contribution in [-0.2, 0) is 22.6 Å². The number of halogens is 1. The number of nitrogens with one attached hydrogen (secondary N) is 1. The smallest absolute Gasteiger partial charge is 0.232 e. The van der Waals surface area contributed by atoms with Crippen molar-refractivity contribution >= 4 is 29.3 Å². The summed E-state index contributed by atoms with van der Waals surface area (Å²) in [4.78, 5) is 22.9. The number of carbonyl (C=O) groups is 2. The highest BCUT2D eigenvalue weighted by molar-refractivity contribution is 7.99. The van der Waals surface area contributed by atoms with Crippen molar-refractivity contribution in [2.75, 3.05) is 11.1 Å². The topological polar surface area (TPSA) is 103 Å². The second-order valence-corrected chi connectivity index (χ2v) is 5.55. The predicted molar refractivity (Wildman–Crippen MR) is 84.3 cm³/mol. The first-order chi connectivity index (χ1) is 11.0. The summed E-state index contributed by atoms with van der Waals surface area (Å²) in [5, 5.41) is 10.9. The fourth-order valence-corrected chi connectivity index (χ4v) is 2.67. The molecular weight excluding hydrogens is 321 g/mol. The molecule has 7 nitrogen and oxygen atoms in total. The van der Waals surface area contributed by atoms with Gasteiger partial charge in [-0.3, -0.25) is 9.59 Å². The maximum Gasteiger partial charge on any atom is 0.232 e. The van der Waals surface area contributed by atoms with Crippen molar-refractivity contribution in [3.63, 3.8) is 0 Å². The molecule has 1 aromatic carbocycles. The summed E-state index contributed by atoms with van der Waals surface area (Å²) in [6.07, 6.45) is -0.0493. The molecule has 0 saturated carbocycles. The van der Waals surface area contributed by atoms with Crippen LogP contribution < -0.4 is 11.1 Å². The highest BCUT2D eigenvalue weighted by Crippen LogP contribution is 2.17. The van der Waals surface area contributed by atoms with Crippen molar-refractivity contribution in [3.05, 3.63) is 35.9 Å². The number of carbonyl (C=O) groups excluding carboxylic acids is 2. The summed E-state index contributed by atoms with van der Waals surface area (Å²) in [7, 11) is 0. The summed E-state index contributed by atoms with van der Waals surface area (Å²) in [5.74, 6) is -0.841. The van der Waals surface area contributed by atoms with Crippen molar-refractivity contribution in [1.29, 1.82) is 0 Å². The summed E-state index contributed by atoms with van der Waals surface area (Å²) in [6, 6.07) is 5.92. The molecule has 2 amide bonds. The number of aromatic nitrogens is 3. The molecule has 0 aliphatic heterocycles. The minimum atomic E-state index is -0.504. The lowest BCUT2D eigenvalue weighted by molar-refractivity contribution is -0.116. The van der Waals surface area contributed by atoms with Crippen LogP contribution >= 0.6 is 11.8 Å². The third kappa shape index (κ3) is 4.52. The number of primary amides is 1. The van der Waals surface area contributed by atoms with Gasteiger partial charge in [-0.25, -0.2) is 4.39 Å². The molecule has 122 valence electrons. The molecule has 23 heavy (non-hydrogen) atoms. The van der Waals surface area contributed by atoms with Crippen molar-refractivity contribution in [3.8, 4) is 0 Å². The zero-order valence-electron chi connectivity index (χ0n) is 12.5. The molecule has 3 N–H and O–H groups in total. The second-order valence-electron chi connectivity index (χ2n) is 4.60. The monoisotopic (exact) mass is 337 g/mol. The van der Waals surface area contributed by atoms with Crippen LogP contribution in [0.3, 0.4) is 0 Å². The highest BCUT2D eigenvalue weighted by Gasteiger charge is 2.16. The highest BCUT2D eigenvalue weighted by atomic mass is 32.2. The first kappa shape index (κ1) is 16.9. The largest absolute Gasteiger partial charge is 0.369 e. The van der Waals surface area contributed by atoms with Crippen LogP contribution in [0.1, 0.15) is 12.7 Å². The SMILES string of the molecule is CCn1c(CC(=O)Nc2ccccc2F)nnc1SCC(N)=O. The minimum absolute atomic E-state index is 0.0493. The number of thioether (sulfide) groups is 1. The number of anilines is 1. The lowest BCUT2D eigenvalue weighted by atomic mass is 10.3. The summed E-state index contributed by atoms with van der Waals surface area (Å²) in [6.45, 7) is 2.41. The van der Waals surface area contributed by atoms with Gasteiger partial charge in [0.1, 0.15) is 11.6 Å². The average Bonchev–Trinajstić information content (AvgIpc) is 2.89. The van der Waals surface area contributed by atoms with Crippen LogP contribution in [0.15, 0.2) is 29.4 Å². The van der Waals surface area contributed by atoms with E-state index in [0.717, 1.165) is 11.8 Å². The number of rotatable bonds is 7. The van der Waals surface area contributed by atoms with Gasteiger partial charge >= 0.3 is 0 Å². The van der Waals surface area contributed by atoms with Gasteiger partial charge in [-0.15, -0.1) is 10.2 Å². The zero-order valence-corrected chi connectivity index (χ0v) is 13.3. The van der Waals surface area contributed by atoms with Gasteiger partial charge in [0.25, 0.3) is 0 Å². The number of benzene rings is 1. The van der Waals surface area contributed by atoms with Crippen LogP contribution in [0, 0.1) is 5.82 Å². The summed E-state index contributed by atoms with van der Waals surface area (Å²) < 4.78 is 15.2. The van der Waals surface area contributed by atoms with E-state index in [4.69, 9.17) is 5.73 Å². The Morgan fingerprint density at radius 1 is 1.35 bits per heavy atom. The van der Waals surface area contributed by atoms with Gasteiger partial charge in [-0.1, -0.05) is 23.9 Å². The average molecular weight is 337 g/mol. The van der Waals surface area contributed by atoms with Gasteiger partial charge in [0.15, 0.2) is 5.16 Å². The third-order valence-electron chi connectivity index (χ3n) is 2.92. The Morgan fingerprint density at radius 3 is 2.74 bits per heavy atom. The normalized spacial score (nSPS) is 10.5. The maximum absolute atomic E-state index is 13.5. The third-order valence-corrected chi connectivity index (χ3v) is 3.91. The number of hydrogen-bond donors (Lipinski definition) is 2. The van der Waals surface area contributed by atoms with Gasteiger partial charge in [0.05, 0.1) is 17.9 Å². The molecule has 0 atom stereocenters. The van der Waals surface area contributed by atoms with Crippen molar-refractivity contribution in [1.82, 2.24) is 14.8 Å². The van der Waals surface area contributed by atoms with E-state index in [1.807, 2.05) is 6.92 Å². The fraction of sp³-hybridized carbons (Fsp3) is 0.286. The first-order valence-electron chi connectivity index (χ1n) is 6.88. The van der Waals surface area contributed by atoms with Gasteiger partial charge in [-0.05, 0) is 19.1 Å². The molecular formula is C14H16FN5O2S. The lowest BCUT2D eigenvalue weighted by Gasteiger charge is -2.08. The molecule has 9 heteroatoms. The predicted octanol–water partition coefficient (Wildman–Crippen LogP) is 1.20. The van der Waals surface area contributed by atoms with Crippen LogP contribution in [0.5, 0.6) is 0 Å². The number of amides is 2. The zero-order chi connectivity index (χ0) is 16.8. The standard InChI is InChI=1S/C14H16FN5O2S/c1-2-20-12(18-19-14(20)23-8-11(16)21)7-13(22)17-10-6-4-3-5-9(10)15/h3-6H,2,7-8H2,1H3,(H2,16,21)(H,17,22). The van der Waals surface area contributed by atoms with E-state index in [1.165, 1.54) is 12.1 Å². The van der Waals surface area contributed by atoms with Crippen LogP contribution in [0.4, 0.5) is 10.1 Å². The molecule has 0 unspecified atom stereocenters.